The average molecular weight is 242 g/mol. The maximum Gasteiger partial charge on any atom is 0.0346 e. The molecule has 0 radical (unpaired) electrons. The fourth-order valence-corrected chi connectivity index (χ4v) is 2.15. The van der Waals surface area contributed by atoms with E-state index >= 15 is 0 Å². The van der Waals surface area contributed by atoms with Crippen LogP contribution in [0, 0.1) is 0 Å². The summed E-state index contributed by atoms with van der Waals surface area (Å²) >= 11 is 0. The number of nitrogens with zero attached hydrogens (tertiary/aromatic N) is 1. The molecular formula is C16H22N2. The largest absolute Gasteiger partial charge is 0.310 e. The number of benzene rings is 1. The lowest BCUT2D eigenvalue weighted by Gasteiger charge is -2.13. The third-order valence-corrected chi connectivity index (χ3v) is 3.35. The van der Waals surface area contributed by atoms with E-state index in [0.29, 0.717) is 6.04 Å². The highest BCUT2D eigenvalue weighted by Gasteiger charge is 2.01. The Labute approximate surface area is 109 Å². The summed E-state index contributed by atoms with van der Waals surface area (Å²) in [4.78, 5) is 4.13. The first kappa shape index (κ1) is 13.0. The van der Waals surface area contributed by atoms with Gasteiger partial charge >= 0.3 is 0 Å². The van der Waals surface area contributed by atoms with Crippen molar-refractivity contribution in [2.45, 2.75) is 45.7 Å². The highest BCUT2D eigenvalue weighted by molar-refractivity contribution is 5.81. The molecular weight excluding hydrogens is 220 g/mol. The topological polar surface area (TPSA) is 24.9 Å². The third-order valence-electron chi connectivity index (χ3n) is 3.35. The summed E-state index contributed by atoms with van der Waals surface area (Å²) in [5, 5.41) is 6.06. The number of pyridine rings is 1. The summed E-state index contributed by atoms with van der Waals surface area (Å²) in [7, 11) is 0. The maximum atomic E-state index is 4.13. The number of hydrogen-bond donors (Lipinski definition) is 1. The van der Waals surface area contributed by atoms with Gasteiger partial charge in [-0.1, -0.05) is 31.9 Å². The monoisotopic (exact) mass is 242 g/mol. The van der Waals surface area contributed by atoms with E-state index in [-0.39, 0.29) is 0 Å². The number of nitrogens with one attached hydrogen (secondary N) is 1. The van der Waals surface area contributed by atoms with Gasteiger partial charge < -0.3 is 5.32 Å². The van der Waals surface area contributed by atoms with Crippen LogP contribution in [-0.4, -0.2) is 11.0 Å². The second kappa shape index (κ2) is 6.50. The van der Waals surface area contributed by atoms with Crippen LogP contribution in [0.15, 0.2) is 36.7 Å². The van der Waals surface area contributed by atoms with E-state index in [4.69, 9.17) is 0 Å². The molecule has 0 fully saturated rings. The summed E-state index contributed by atoms with van der Waals surface area (Å²) in [5.41, 5.74) is 1.34. The fourth-order valence-electron chi connectivity index (χ4n) is 2.15. The summed E-state index contributed by atoms with van der Waals surface area (Å²) < 4.78 is 0. The fraction of sp³-hybridized carbons (Fsp3) is 0.438. The van der Waals surface area contributed by atoms with Gasteiger partial charge in [0, 0.05) is 30.4 Å². The van der Waals surface area contributed by atoms with Crippen molar-refractivity contribution in [2.75, 3.05) is 0 Å². The van der Waals surface area contributed by atoms with Crippen molar-refractivity contribution in [1.29, 1.82) is 0 Å². The molecule has 1 unspecified atom stereocenters. The van der Waals surface area contributed by atoms with Gasteiger partial charge in [0.25, 0.3) is 0 Å². The molecule has 0 bridgehead atoms. The van der Waals surface area contributed by atoms with Crippen LogP contribution in [-0.2, 0) is 6.54 Å². The van der Waals surface area contributed by atoms with E-state index in [1.165, 1.54) is 35.6 Å². The Kier molecular flexibility index (Phi) is 4.71. The molecule has 1 heterocycles. The minimum absolute atomic E-state index is 0.595. The molecule has 1 aromatic carbocycles. The highest BCUT2D eigenvalue weighted by atomic mass is 14.9. The predicted molar refractivity (Wildman–Crippen MR) is 77.6 cm³/mol. The standard InChI is InChI=1S/C16H22N2/c1-3-4-5-13(2)18-11-14-6-7-16-12-17-9-8-15(16)10-14/h6-10,12-13,18H,3-5,11H2,1-2H3. The van der Waals surface area contributed by atoms with E-state index in [9.17, 15) is 0 Å². The van der Waals surface area contributed by atoms with Gasteiger partial charge in [0.05, 0.1) is 0 Å². The number of aromatic nitrogens is 1. The molecule has 2 nitrogen and oxygen atoms in total. The summed E-state index contributed by atoms with van der Waals surface area (Å²) in [5.74, 6) is 0. The van der Waals surface area contributed by atoms with Crippen molar-refractivity contribution in [1.82, 2.24) is 10.3 Å². The van der Waals surface area contributed by atoms with Crippen LogP contribution in [0.4, 0.5) is 0 Å². The average Bonchev–Trinajstić information content (AvgIpc) is 2.42. The van der Waals surface area contributed by atoms with E-state index < -0.39 is 0 Å². The van der Waals surface area contributed by atoms with Crippen LogP contribution >= 0.6 is 0 Å². The lowest BCUT2D eigenvalue weighted by molar-refractivity contribution is 0.495. The second-order valence-electron chi connectivity index (χ2n) is 4.98. The van der Waals surface area contributed by atoms with Gasteiger partial charge in [-0.3, -0.25) is 4.98 Å². The van der Waals surface area contributed by atoms with E-state index in [2.05, 4.69) is 48.4 Å². The summed E-state index contributed by atoms with van der Waals surface area (Å²) in [6, 6.07) is 9.24. The first-order valence-corrected chi connectivity index (χ1v) is 6.85. The SMILES string of the molecule is CCCCC(C)NCc1ccc2cnccc2c1. The smallest absolute Gasteiger partial charge is 0.0346 e. The molecule has 0 saturated heterocycles. The Balaban J connectivity index is 1.95. The molecule has 18 heavy (non-hydrogen) atoms. The summed E-state index contributed by atoms with van der Waals surface area (Å²) in [6.07, 6.45) is 7.60. The molecule has 0 saturated carbocycles. The molecule has 2 rings (SSSR count). The van der Waals surface area contributed by atoms with Crippen LogP contribution < -0.4 is 5.32 Å². The van der Waals surface area contributed by atoms with Gasteiger partial charge in [-0.15, -0.1) is 0 Å². The molecule has 0 aliphatic heterocycles. The summed E-state index contributed by atoms with van der Waals surface area (Å²) in [6.45, 7) is 5.45. The molecule has 1 aromatic heterocycles. The predicted octanol–water partition coefficient (Wildman–Crippen LogP) is 3.90. The quantitative estimate of drug-likeness (QED) is 0.831. The van der Waals surface area contributed by atoms with Gasteiger partial charge in [-0.2, -0.15) is 0 Å². The molecule has 0 spiro atoms. The van der Waals surface area contributed by atoms with Crippen LogP contribution in [0.25, 0.3) is 10.8 Å². The van der Waals surface area contributed by atoms with Crippen LogP contribution in [0.2, 0.25) is 0 Å². The Bertz CT molecular complexity index is 493. The third kappa shape index (κ3) is 3.54. The van der Waals surface area contributed by atoms with Gasteiger partial charge in [-0.25, -0.2) is 0 Å². The van der Waals surface area contributed by atoms with Crippen molar-refractivity contribution in [3.05, 3.63) is 42.2 Å². The zero-order chi connectivity index (χ0) is 12.8. The number of hydrogen-bond acceptors (Lipinski definition) is 2. The molecule has 0 aliphatic rings. The minimum Gasteiger partial charge on any atom is -0.310 e. The first-order valence-electron chi connectivity index (χ1n) is 6.85. The first-order chi connectivity index (χ1) is 8.79. The maximum absolute atomic E-state index is 4.13. The molecule has 2 aromatic rings. The molecule has 0 aliphatic carbocycles. The molecule has 1 atom stereocenters. The zero-order valence-electron chi connectivity index (χ0n) is 11.3. The van der Waals surface area contributed by atoms with Crippen molar-refractivity contribution in [3.63, 3.8) is 0 Å². The van der Waals surface area contributed by atoms with Crippen LogP contribution in [0.3, 0.4) is 0 Å². The van der Waals surface area contributed by atoms with Crippen molar-refractivity contribution in [3.8, 4) is 0 Å². The minimum atomic E-state index is 0.595. The molecule has 96 valence electrons. The van der Waals surface area contributed by atoms with Crippen molar-refractivity contribution >= 4 is 10.8 Å². The highest BCUT2D eigenvalue weighted by Crippen LogP contribution is 2.14. The Morgan fingerprint density at radius 3 is 2.94 bits per heavy atom. The van der Waals surface area contributed by atoms with Crippen LogP contribution in [0.5, 0.6) is 0 Å². The lowest BCUT2D eigenvalue weighted by Crippen LogP contribution is -2.25. The normalized spacial score (nSPS) is 12.8. The Hall–Kier alpha value is -1.41. The second-order valence-corrected chi connectivity index (χ2v) is 4.98. The number of unbranched alkanes of at least 4 members (excludes halogenated alkanes) is 1. The number of fused-ring (bicyclic) bond motifs is 1. The van der Waals surface area contributed by atoms with Gasteiger partial charge in [0.2, 0.25) is 0 Å². The van der Waals surface area contributed by atoms with E-state index in [1.54, 1.807) is 0 Å². The van der Waals surface area contributed by atoms with E-state index in [1.807, 2.05) is 12.4 Å². The van der Waals surface area contributed by atoms with Crippen LogP contribution in [0.1, 0.15) is 38.7 Å². The van der Waals surface area contributed by atoms with Crippen molar-refractivity contribution < 1.29 is 0 Å². The lowest BCUT2D eigenvalue weighted by atomic mass is 10.1. The molecule has 1 N–H and O–H groups in total. The van der Waals surface area contributed by atoms with Gasteiger partial charge in [0.1, 0.15) is 0 Å². The van der Waals surface area contributed by atoms with E-state index in [0.717, 1.165) is 6.54 Å². The molecule has 2 heteroatoms. The van der Waals surface area contributed by atoms with Gasteiger partial charge in [0.15, 0.2) is 0 Å². The Morgan fingerprint density at radius 2 is 2.11 bits per heavy atom. The van der Waals surface area contributed by atoms with Crippen molar-refractivity contribution in [2.24, 2.45) is 0 Å². The zero-order valence-corrected chi connectivity index (χ0v) is 11.3. The number of rotatable bonds is 6. The molecule has 0 amide bonds. The Morgan fingerprint density at radius 1 is 1.22 bits per heavy atom. The van der Waals surface area contributed by atoms with Gasteiger partial charge in [-0.05, 0) is 36.4 Å².